The Morgan fingerprint density at radius 3 is 1.52 bits per heavy atom. The molecule has 48 heavy (non-hydrogen) atoms. The zero-order chi connectivity index (χ0) is 34.9. The number of carboxylic acids is 1. The topological polar surface area (TPSA) is 186 Å². The van der Waals surface area contributed by atoms with Gasteiger partial charge in [-0.05, 0) is 16.7 Å². The van der Waals surface area contributed by atoms with E-state index >= 15 is 0 Å². The molecular weight excluding hydrogens is 645 g/mol. The molecule has 3 N–H and O–H groups in total. The van der Waals surface area contributed by atoms with Crippen LogP contribution in [0.5, 0.6) is 0 Å². The molecule has 0 aromatic heterocycles. The fourth-order valence-electron chi connectivity index (χ4n) is 4.03. The third-order valence-electron chi connectivity index (χ3n) is 6.63. The summed E-state index contributed by atoms with van der Waals surface area (Å²) in [6, 6.07) is 25.2. The van der Waals surface area contributed by atoms with E-state index in [4.69, 9.17) is 33.7 Å². The summed E-state index contributed by atoms with van der Waals surface area (Å²) in [5, 5.41) is 9.96. The smallest absolute Gasteiger partial charge is 0.480 e. The molecule has 0 heterocycles. The fourth-order valence-corrected chi connectivity index (χ4v) is 5.54. The lowest BCUT2D eigenvalue weighted by Crippen LogP contribution is -2.47. The van der Waals surface area contributed by atoms with Crippen LogP contribution < -0.4 is 5.73 Å². The maximum atomic E-state index is 14.2. The molecule has 0 aliphatic rings. The number of hydrogen-bond donors (Lipinski definition) is 2. The monoisotopic (exact) mass is 685 g/mol. The van der Waals surface area contributed by atoms with Gasteiger partial charge in [0.05, 0.1) is 0 Å². The Morgan fingerprint density at radius 2 is 1.15 bits per heavy atom. The summed E-state index contributed by atoms with van der Waals surface area (Å²) in [5.74, 6) is -1.77. The highest BCUT2D eigenvalue weighted by molar-refractivity contribution is 7.52. The predicted molar refractivity (Wildman–Crippen MR) is 174 cm³/mol. The highest BCUT2D eigenvalue weighted by Gasteiger charge is 2.37. The number of nitrogens with zero attached hydrogens (tertiary/aromatic N) is 2. The summed E-state index contributed by atoms with van der Waals surface area (Å²) in [7, 11) is -3.49. The molecule has 3 aromatic carbocycles. The van der Waals surface area contributed by atoms with Gasteiger partial charge in [0, 0.05) is 26.3 Å². The van der Waals surface area contributed by atoms with Crippen molar-refractivity contribution in [3.63, 3.8) is 0 Å². The Balaban J connectivity index is 1.80. The second kappa shape index (κ2) is 19.0. The molecule has 0 spiro atoms. The van der Waals surface area contributed by atoms with Crippen molar-refractivity contribution in [1.29, 1.82) is 0 Å². The molecule has 3 aromatic rings. The number of rotatable bonds is 17. The first kappa shape index (κ1) is 37.5. The van der Waals surface area contributed by atoms with Gasteiger partial charge in [-0.3, -0.25) is 0 Å². The second-order valence-electron chi connectivity index (χ2n) is 10.3. The van der Waals surface area contributed by atoms with E-state index in [9.17, 15) is 24.1 Å². The van der Waals surface area contributed by atoms with Crippen LogP contribution in [-0.4, -0.2) is 59.9 Å². The van der Waals surface area contributed by atoms with Crippen LogP contribution in [0, 0.1) is 0 Å². The first-order chi connectivity index (χ1) is 23.0. The maximum Gasteiger partial charge on any atom is 0.510 e. The average Bonchev–Trinajstić information content (AvgIpc) is 3.09. The first-order valence-corrected chi connectivity index (χ1v) is 16.6. The summed E-state index contributed by atoms with van der Waals surface area (Å²) in [6.07, 6.45) is -5.37. The molecule has 0 radical (unpaired) electrons. The fraction of sp³-hybridized carbons (Fsp3) is 0.333. The summed E-state index contributed by atoms with van der Waals surface area (Å²) in [4.78, 5) is 38.2. The van der Waals surface area contributed by atoms with Gasteiger partial charge in [0.1, 0.15) is 19.3 Å². The van der Waals surface area contributed by atoms with E-state index in [1.807, 2.05) is 0 Å². The van der Waals surface area contributed by atoms with Crippen molar-refractivity contribution < 1.29 is 52.1 Å². The largest absolute Gasteiger partial charge is 0.510 e. The van der Waals surface area contributed by atoms with Crippen molar-refractivity contribution in [3.8, 4) is 0 Å². The van der Waals surface area contributed by atoms with Gasteiger partial charge in [0.2, 0.25) is 18.5 Å². The minimum atomic E-state index is -4.83. The lowest BCUT2D eigenvalue weighted by Gasteiger charge is -2.28. The highest BCUT2D eigenvalue weighted by atomic mass is 31.2. The summed E-state index contributed by atoms with van der Waals surface area (Å²) >= 11 is 0. The number of ether oxygens (including phenoxy) is 4. The number of carbonyl (C=O) groups excluding carboxylic acids is 2. The molecule has 15 heteroatoms. The number of likely N-dealkylation sites (N-methyl/N-ethyl adjacent to an activating group) is 1. The molecule has 3 rings (SSSR count). The van der Waals surface area contributed by atoms with E-state index in [0.717, 1.165) is 4.90 Å². The van der Waals surface area contributed by atoms with E-state index < -0.39 is 50.6 Å². The van der Waals surface area contributed by atoms with Crippen molar-refractivity contribution >= 4 is 32.0 Å². The molecule has 258 valence electrons. The van der Waals surface area contributed by atoms with Gasteiger partial charge in [-0.15, -0.1) is 4.76 Å². The normalized spacial score (nSPS) is 14.4. The molecular formula is C33H40N3O11P. The van der Waals surface area contributed by atoms with Gasteiger partial charge < -0.3 is 34.7 Å². The van der Waals surface area contributed by atoms with Crippen molar-refractivity contribution in [2.24, 2.45) is 10.5 Å². The number of aliphatic carboxylic acids is 1. The van der Waals surface area contributed by atoms with Crippen LogP contribution in [0.15, 0.2) is 95.8 Å². The molecule has 0 fully saturated rings. The Bertz CT molecular complexity index is 1460. The highest BCUT2D eigenvalue weighted by Crippen LogP contribution is 2.53. The van der Waals surface area contributed by atoms with Crippen molar-refractivity contribution in [2.45, 2.75) is 64.9 Å². The van der Waals surface area contributed by atoms with Crippen LogP contribution in [0.1, 0.15) is 43.4 Å². The van der Waals surface area contributed by atoms with Crippen LogP contribution in [-0.2, 0) is 57.0 Å². The quantitative estimate of drug-likeness (QED) is 0.0535. The predicted octanol–water partition coefficient (Wildman–Crippen LogP) is 6.25. The summed E-state index contributed by atoms with van der Waals surface area (Å²) in [6.45, 7) is 2.92. The van der Waals surface area contributed by atoms with Crippen LogP contribution in [0.25, 0.3) is 0 Å². The zero-order valence-corrected chi connectivity index (χ0v) is 27.8. The second-order valence-corrected chi connectivity index (χ2v) is 11.8. The average molecular weight is 686 g/mol. The Kier molecular flexibility index (Phi) is 14.9. The van der Waals surface area contributed by atoms with Gasteiger partial charge in [0.25, 0.3) is 0 Å². The molecule has 0 aliphatic heterocycles. The minimum Gasteiger partial charge on any atom is -0.480 e. The van der Waals surface area contributed by atoms with Crippen LogP contribution in [0.2, 0.25) is 0 Å². The van der Waals surface area contributed by atoms with E-state index in [0.29, 0.717) is 16.7 Å². The van der Waals surface area contributed by atoms with Crippen molar-refractivity contribution in [2.75, 3.05) is 7.05 Å². The number of carboxylic acid groups (broad SMARTS) is 1. The third-order valence-corrected chi connectivity index (χ3v) is 8.09. The minimum absolute atomic E-state index is 0.0246. The van der Waals surface area contributed by atoms with E-state index in [-0.39, 0.29) is 32.5 Å². The third kappa shape index (κ3) is 12.7. The van der Waals surface area contributed by atoms with E-state index in [1.54, 1.807) is 105 Å². The molecule has 0 saturated carbocycles. The summed E-state index contributed by atoms with van der Waals surface area (Å²) in [5.41, 5.74) is 8.26. The van der Waals surface area contributed by atoms with E-state index in [1.165, 1.54) is 7.05 Å². The molecule has 3 atom stereocenters. The molecule has 0 saturated heterocycles. The van der Waals surface area contributed by atoms with Crippen LogP contribution in [0.3, 0.4) is 0 Å². The Labute approximate surface area is 278 Å². The van der Waals surface area contributed by atoms with Crippen LogP contribution >= 0.6 is 7.75 Å². The Morgan fingerprint density at radius 1 is 0.750 bits per heavy atom. The maximum absolute atomic E-state index is 14.2. The number of benzene rings is 3. The molecule has 3 unspecified atom stereocenters. The van der Waals surface area contributed by atoms with Gasteiger partial charge in [-0.1, -0.05) is 105 Å². The van der Waals surface area contributed by atoms with E-state index in [2.05, 4.69) is 4.76 Å². The first-order valence-electron chi connectivity index (χ1n) is 15.1. The van der Waals surface area contributed by atoms with Gasteiger partial charge in [-0.2, -0.15) is 0 Å². The van der Waals surface area contributed by atoms with Crippen LogP contribution in [0.4, 0.5) is 9.59 Å². The molecule has 0 aliphatic carbocycles. The molecule has 0 amide bonds. The number of nitrogens with two attached hydrogens (primary N) is 1. The SMILES string of the molecule is CCC(OC(=O)OCc1ccccc1)OP(=O)(N=C(N)N(C)C(Cc1ccccc1)C(=O)O)OC(CC)OC(=O)OCc1ccccc1. The van der Waals surface area contributed by atoms with Crippen molar-refractivity contribution in [1.82, 2.24) is 4.90 Å². The molecule has 14 nitrogen and oxygen atoms in total. The lowest BCUT2D eigenvalue weighted by atomic mass is 10.1. The van der Waals surface area contributed by atoms with Gasteiger partial charge in [0.15, 0.2) is 0 Å². The Hall–Kier alpha value is -4.91. The number of guanidine groups is 1. The number of carbonyl (C=O) groups is 3. The van der Waals surface area contributed by atoms with Crippen molar-refractivity contribution in [3.05, 3.63) is 108 Å². The summed E-state index contributed by atoms with van der Waals surface area (Å²) < 4.78 is 50.0. The standard InChI is InChI=1S/C33H40N3O11P/c1-4-28(44-32(39)42-22-25-17-11-7-12-18-25)46-48(41,47-29(5-2)45-33(40)43-23-26-19-13-8-14-20-26)35-31(34)36(3)27(30(37)38)21-24-15-9-6-10-16-24/h6-20,27-29H,4-5,21-23H2,1-3H3,(H,37,38)(H2,34,35,41). The van der Waals surface area contributed by atoms with Gasteiger partial charge in [-0.25, -0.2) is 28.0 Å². The molecule has 0 bridgehead atoms. The number of hydrogen-bond acceptors (Lipinski definition) is 10. The van der Waals surface area contributed by atoms with Gasteiger partial charge >= 0.3 is 26.0 Å². The zero-order valence-electron chi connectivity index (χ0n) is 26.9. The lowest BCUT2D eigenvalue weighted by molar-refractivity contribution is -0.141.